The molecule has 0 spiro atoms. The Kier molecular flexibility index (Phi) is 5.84. The molecule has 1 aliphatic heterocycles. The van der Waals surface area contributed by atoms with Crippen molar-refractivity contribution >= 4 is 29.8 Å². The largest absolute Gasteiger partial charge is 0.396 e. The van der Waals surface area contributed by atoms with E-state index in [9.17, 15) is 4.79 Å². The second-order valence-electron chi connectivity index (χ2n) is 6.49. The molecule has 0 aromatic carbocycles. The van der Waals surface area contributed by atoms with Crippen LogP contribution in [0.25, 0.3) is 5.57 Å². The van der Waals surface area contributed by atoms with E-state index in [1.165, 1.54) is 0 Å². The minimum atomic E-state index is -0.246. The van der Waals surface area contributed by atoms with Gasteiger partial charge in [0.25, 0.3) is 0 Å². The van der Waals surface area contributed by atoms with Gasteiger partial charge in [-0.05, 0) is 49.4 Å². The molecule has 0 radical (unpaired) electrons. The number of aryl methyl sites for hydroxylation is 1. The number of aliphatic imine (C=N–C) groups is 1. The lowest BCUT2D eigenvalue weighted by molar-refractivity contribution is 0.212. The van der Waals surface area contributed by atoms with E-state index in [-0.39, 0.29) is 6.03 Å². The van der Waals surface area contributed by atoms with Gasteiger partial charge < -0.3 is 10.6 Å². The highest BCUT2D eigenvalue weighted by Crippen LogP contribution is 2.25. The molecule has 144 valence electrons. The van der Waals surface area contributed by atoms with Crippen LogP contribution >= 0.6 is 0 Å². The summed E-state index contributed by atoms with van der Waals surface area (Å²) in [4.78, 5) is 27.2. The lowest BCUT2D eigenvalue weighted by Gasteiger charge is -2.17. The Balaban J connectivity index is 1.78. The van der Waals surface area contributed by atoms with Crippen molar-refractivity contribution in [3.05, 3.63) is 65.3 Å². The van der Waals surface area contributed by atoms with Crippen LogP contribution in [0, 0.1) is 0 Å². The molecule has 0 bridgehead atoms. The lowest BCUT2D eigenvalue weighted by atomic mass is 10.1. The molecule has 1 aliphatic rings. The highest BCUT2D eigenvalue weighted by atomic mass is 16.2. The third-order valence-corrected chi connectivity index (χ3v) is 4.54. The van der Waals surface area contributed by atoms with E-state index < -0.39 is 0 Å². The topological polar surface area (TPSA) is 96.5 Å². The van der Waals surface area contributed by atoms with Crippen LogP contribution in [0.1, 0.15) is 36.4 Å². The van der Waals surface area contributed by atoms with Crippen LogP contribution in [-0.2, 0) is 19.5 Å². The molecule has 0 saturated heterocycles. The van der Waals surface area contributed by atoms with Crippen molar-refractivity contribution in [2.75, 3.05) is 11.1 Å². The van der Waals surface area contributed by atoms with Crippen LogP contribution in [-0.4, -0.2) is 27.6 Å². The van der Waals surface area contributed by atoms with Gasteiger partial charge >= 0.3 is 6.03 Å². The van der Waals surface area contributed by atoms with Crippen LogP contribution in [0.4, 0.5) is 16.3 Å². The van der Waals surface area contributed by atoms with E-state index in [1.54, 1.807) is 23.2 Å². The van der Waals surface area contributed by atoms with E-state index in [1.807, 2.05) is 25.3 Å². The van der Waals surface area contributed by atoms with E-state index >= 15 is 0 Å². The first kappa shape index (κ1) is 19.3. The van der Waals surface area contributed by atoms with Crippen molar-refractivity contribution in [2.24, 2.45) is 4.99 Å². The summed E-state index contributed by atoms with van der Waals surface area (Å²) >= 11 is 0. The molecular formula is C21H24N6O. The van der Waals surface area contributed by atoms with Gasteiger partial charge in [-0.2, -0.15) is 0 Å². The summed E-state index contributed by atoms with van der Waals surface area (Å²) in [5.74, 6) is 0.324. The molecule has 3 N–H and O–H groups in total. The van der Waals surface area contributed by atoms with Crippen LogP contribution < -0.4 is 11.1 Å². The van der Waals surface area contributed by atoms with Gasteiger partial charge in [0.2, 0.25) is 0 Å². The van der Waals surface area contributed by atoms with E-state index in [2.05, 4.69) is 40.0 Å². The van der Waals surface area contributed by atoms with Gasteiger partial charge in [-0.1, -0.05) is 19.1 Å². The first-order chi connectivity index (χ1) is 13.5. The number of nitrogens with two attached hydrogens (primary N) is 1. The molecule has 2 aromatic heterocycles. The molecule has 2 aromatic rings. The average Bonchev–Trinajstić information content (AvgIpc) is 3.13. The first-order valence-electron chi connectivity index (χ1n) is 9.13. The molecule has 28 heavy (non-hydrogen) atoms. The number of carbonyl (C=O) groups is 1. The molecule has 3 rings (SSSR count). The minimum absolute atomic E-state index is 0.246. The van der Waals surface area contributed by atoms with Crippen LogP contribution in [0.3, 0.4) is 0 Å². The van der Waals surface area contributed by atoms with Crippen molar-refractivity contribution < 1.29 is 4.79 Å². The van der Waals surface area contributed by atoms with Crippen molar-refractivity contribution in [2.45, 2.75) is 33.4 Å². The number of nitrogens with one attached hydrogen (secondary N) is 1. The Labute approximate surface area is 164 Å². The molecule has 0 aliphatic carbocycles. The van der Waals surface area contributed by atoms with Crippen molar-refractivity contribution in [1.82, 2.24) is 14.9 Å². The van der Waals surface area contributed by atoms with Gasteiger partial charge in [-0.3, -0.25) is 15.3 Å². The molecule has 3 heterocycles. The Bertz CT molecular complexity index is 963. The fourth-order valence-corrected chi connectivity index (χ4v) is 3.05. The Morgan fingerprint density at radius 2 is 2.18 bits per heavy atom. The van der Waals surface area contributed by atoms with Gasteiger partial charge in [0.15, 0.2) is 5.82 Å². The third-order valence-electron chi connectivity index (χ3n) is 4.54. The fraction of sp³-hybridized carbons (Fsp3) is 0.238. The number of urea groups is 1. The van der Waals surface area contributed by atoms with Gasteiger partial charge in [0.05, 0.1) is 11.4 Å². The quantitative estimate of drug-likeness (QED) is 0.613. The minimum Gasteiger partial charge on any atom is -0.396 e. The monoisotopic (exact) mass is 376 g/mol. The van der Waals surface area contributed by atoms with Crippen molar-refractivity contribution in [1.29, 1.82) is 0 Å². The number of nitrogen functional groups attached to an aromatic ring is 1. The van der Waals surface area contributed by atoms with Crippen molar-refractivity contribution in [3.8, 4) is 0 Å². The van der Waals surface area contributed by atoms with E-state index in [0.29, 0.717) is 30.3 Å². The van der Waals surface area contributed by atoms with Gasteiger partial charge in [-0.25, -0.2) is 9.78 Å². The molecule has 0 saturated carbocycles. The molecule has 0 atom stereocenters. The predicted molar refractivity (Wildman–Crippen MR) is 113 cm³/mol. The van der Waals surface area contributed by atoms with E-state index in [4.69, 9.17) is 5.73 Å². The standard InChI is InChI=1S/C21H24N6O/c1-4-6-14(10-23-3)19-8-7-18(22)20(25-19)26-21(28)27-12-15-9-17(5-2)24-11-16(15)13-27/h4,6-11H,3,5,12-13,22H2,1-2H3,(H,25,26,28)/b6-4-,14-10+. The molecule has 0 unspecified atom stereocenters. The maximum atomic E-state index is 12.8. The van der Waals surface area contributed by atoms with Gasteiger partial charge in [0, 0.05) is 36.8 Å². The number of allylic oxidation sites excluding steroid dienone is 3. The summed E-state index contributed by atoms with van der Waals surface area (Å²) in [5.41, 5.74) is 11.1. The summed E-state index contributed by atoms with van der Waals surface area (Å²) in [6.45, 7) is 8.51. The number of fused-ring (bicyclic) bond motifs is 1. The fourth-order valence-electron chi connectivity index (χ4n) is 3.05. The first-order valence-corrected chi connectivity index (χ1v) is 9.13. The van der Waals surface area contributed by atoms with Crippen LogP contribution in [0.5, 0.6) is 0 Å². The zero-order valence-electron chi connectivity index (χ0n) is 16.1. The number of carbonyl (C=O) groups excluding carboxylic acids is 1. The Morgan fingerprint density at radius 1 is 1.39 bits per heavy atom. The highest BCUT2D eigenvalue weighted by molar-refractivity contribution is 5.92. The van der Waals surface area contributed by atoms with Crippen LogP contribution in [0.2, 0.25) is 0 Å². The normalized spacial score (nSPS) is 13.6. The van der Waals surface area contributed by atoms with Gasteiger partial charge in [0.1, 0.15) is 0 Å². The number of nitrogens with zero attached hydrogens (tertiary/aromatic N) is 4. The Hall–Kier alpha value is -3.48. The zero-order valence-corrected chi connectivity index (χ0v) is 16.1. The molecule has 7 nitrogen and oxygen atoms in total. The summed E-state index contributed by atoms with van der Waals surface area (Å²) in [5, 5.41) is 2.83. The second-order valence-corrected chi connectivity index (χ2v) is 6.49. The number of hydrogen-bond donors (Lipinski definition) is 2. The van der Waals surface area contributed by atoms with Crippen LogP contribution in [0.15, 0.2) is 47.7 Å². The maximum Gasteiger partial charge on any atom is 0.323 e. The highest BCUT2D eigenvalue weighted by Gasteiger charge is 2.24. The van der Waals surface area contributed by atoms with Crippen molar-refractivity contribution in [3.63, 3.8) is 0 Å². The summed E-state index contributed by atoms with van der Waals surface area (Å²) < 4.78 is 0. The summed E-state index contributed by atoms with van der Waals surface area (Å²) in [7, 11) is 0. The number of rotatable bonds is 5. The summed E-state index contributed by atoms with van der Waals surface area (Å²) in [6, 6.07) is 5.32. The van der Waals surface area contributed by atoms with Gasteiger partial charge in [-0.15, -0.1) is 0 Å². The molecule has 7 heteroatoms. The summed E-state index contributed by atoms with van der Waals surface area (Å²) in [6.07, 6.45) is 8.08. The predicted octanol–water partition coefficient (Wildman–Crippen LogP) is 3.79. The smallest absolute Gasteiger partial charge is 0.323 e. The molecular weight excluding hydrogens is 352 g/mol. The average molecular weight is 376 g/mol. The molecule has 2 amide bonds. The van der Waals surface area contributed by atoms with E-state index in [0.717, 1.165) is 28.8 Å². The number of aromatic nitrogens is 2. The number of amides is 2. The number of pyridine rings is 2. The maximum absolute atomic E-state index is 12.8. The lowest BCUT2D eigenvalue weighted by Crippen LogP contribution is -2.31. The number of anilines is 2. The SMILES string of the molecule is C=N/C=C(\C=C/C)c1ccc(N)c(NC(=O)N2Cc3cnc(CC)cc3C2)n1. The number of hydrogen-bond acceptors (Lipinski definition) is 5. The molecule has 0 fully saturated rings. The zero-order chi connectivity index (χ0) is 20.1. The third kappa shape index (κ3) is 4.09. The second kappa shape index (κ2) is 8.47. The Morgan fingerprint density at radius 3 is 2.89 bits per heavy atom.